The average Bonchev–Trinajstić information content (AvgIpc) is 3.15. The lowest BCUT2D eigenvalue weighted by atomic mass is 10.2. The Morgan fingerprint density at radius 2 is 2.08 bits per heavy atom. The molecule has 2 heterocycles. The molecule has 3 N–H and O–H groups in total. The summed E-state index contributed by atoms with van der Waals surface area (Å²) in [5.74, 6) is -0.322. The van der Waals surface area contributed by atoms with Crippen molar-refractivity contribution in [1.82, 2.24) is 15.3 Å². The Kier molecular flexibility index (Phi) is 4.53. The van der Waals surface area contributed by atoms with Gasteiger partial charge in [0.2, 0.25) is 5.95 Å². The van der Waals surface area contributed by atoms with Gasteiger partial charge in [-0.2, -0.15) is 13.2 Å². The zero-order valence-electron chi connectivity index (χ0n) is 12.2. The van der Waals surface area contributed by atoms with E-state index in [0.29, 0.717) is 27.8 Å². The molecule has 2 aromatic heterocycles. The monoisotopic (exact) mass is 392 g/mol. The lowest BCUT2D eigenvalue weighted by molar-refractivity contribution is -0.140. The van der Waals surface area contributed by atoms with E-state index < -0.39 is 17.9 Å². The first-order chi connectivity index (χ1) is 11.8. The number of hydrogen-bond donors (Lipinski definition) is 3. The number of nitrogens with one attached hydrogen (secondary N) is 3. The number of aromatic nitrogens is 2. The molecule has 132 valence electrons. The topological polar surface area (TPSA) is 82.9 Å². The fourth-order valence-corrected chi connectivity index (χ4v) is 2.44. The van der Waals surface area contributed by atoms with Gasteiger partial charge in [-0.05, 0) is 12.1 Å². The number of imidazole rings is 1. The van der Waals surface area contributed by atoms with E-state index >= 15 is 0 Å². The molecule has 2 amide bonds. The second-order valence-corrected chi connectivity index (χ2v) is 5.74. The largest absolute Gasteiger partial charge is 0.462 e. The number of benzene rings is 1. The number of nitrogens with zero attached hydrogens (tertiary/aromatic N) is 1. The summed E-state index contributed by atoms with van der Waals surface area (Å²) in [6.07, 6.45) is -2.58. The lowest BCUT2D eigenvalue weighted by Gasteiger charge is -2.05. The van der Waals surface area contributed by atoms with Crippen LogP contribution in [0.4, 0.5) is 23.9 Å². The maximum absolute atomic E-state index is 12.5. The molecule has 0 aliphatic heterocycles. The zero-order valence-corrected chi connectivity index (χ0v) is 13.7. The molecule has 0 radical (unpaired) electrons. The first-order valence-corrected chi connectivity index (χ1v) is 7.52. The Morgan fingerprint density at radius 1 is 1.32 bits per heavy atom. The SMILES string of the molecule is O=C(NCc1coc2c(Cl)c(Cl)ccc12)Nc1ncc(C(F)(F)F)[nH]1. The summed E-state index contributed by atoms with van der Waals surface area (Å²) >= 11 is 11.9. The van der Waals surface area contributed by atoms with Gasteiger partial charge in [-0.1, -0.05) is 23.2 Å². The minimum atomic E-state index is -4.57. The highest BCUT2D eigenvalue weighted by Crippen LogP contribution is 2.33. The summed E-state index contributed by atoms with van der Waals surface area (Å²) in [6, 6.07) is 2.54. The maximum Gasteiger partial charge on any atom is 0.432 e. The van der Waals surface area contributed by atoms with Crippen LogP contribution >= 0.6 is 23.2 Å². The van der Waals surface area contributed by atoms with Crippen molar-refractivity contribution in [2.24, 2.45) is 0 Å². The normalized spacial score (nSPS) is 11.7. The smallest absolute Gasteiger partial charge is 0.432 e. The van der Waals surface area contributed by atoms with E-state index in [0.717, 1.165) is 0 Å². The van der Waals surface area contributed by atoms with Crippen LogP contribution in [0.15, 0.2) is 29.0 Å². The average molecular weight is 393 g/mol. The highest BCUT2D eigenvalue weighted by molar-refractivity contribution is 6.44. The van der Waals surface area contributed by atoms with Gasteiger partial charge in [0.05, 0.1) is 17.5 Å². The second-order valence-electron chi connectivity index (χ2n) is 4.95. The number of aromatic amines is 1. The van der Waals surface area contributed by atoms with E-state index in [2.05, 4.69) is 15.6 Å². The van der Waals surface area contributed by atoms with Gasteiger partial charge in [0.25, 0.3) is 0 Å². The van der Waals surface area contributed by atoms with Gasteiger partial charge in [-0.3, -0.25) is 5.32 Å². The minimum absolute atomic E-state index is 0.0592. The molecule has 1 aromatic carbocycles. The number of furan rings is 1. The zero-order chi connectivity index (χ0) is 18.2. The number of amides is 2. The van der Waals surface area contributed by atoms with Crippen LogP contribution in [0.5, 0.6) is 0 Å². The highest BCUT2D eigenvalue weighted by atomic mass is 35.5. The summed E-state index contributed by atoms with van der Waals surface area (Å²) in [5.41, 5.74) is -0.0541. The number of urea groups is 1. The van der Waals surface area contributed by atoms with E-state index in [-0.39, 0.29) is 17.5 Å². The van der Waals surface area contributed by atoms with Crippen LogP contribution in [0.1, 0.15) is 11.3 Å². The Hall–Kier alpha value is -2.39. The number of hydrogen-bond acceptors (Lipinski definition) is 3. The number of H-pyrrole nitrogens is 1. The van der Waals surface area contributed by atoms with Gasteiger partial charge in [-0.15, -0.1) is 0 Å². The van der Waals surface area contributed by atoms with Crippen molar-refractivity contribution in [2.45, 2.75) is 12.7 Å². The number of halogens is 5. The van der Waals surface area contributed by atoms with Crippen molar-refractivity contribution in [3.63, 3.8) is 0 Å². The Morgan fingerprint density at radius 3 is 2.76 bits per heavy atom. The summed E-state index contributed by atoms with van der Waals surface area (Å²) in [7, 11) is 0. The molecule has 0 unspecified atom stereocenters. The van der Waals surface area contributed by atoms with E-state index in [4.69, 9.17) is 27.6 Å². The Labute approximate surface area is 148 Å². The van der Waals surface area contributed by atoms with E-state index in [1.54, 1.807) is 12.1 Å². The molecular weight excluding hydrogens is 384 g/mol. The van der Waals surface area contributed by atoms with Crippen LogP contribution in [-0.2, 0) is 12.7 Å². The highest BCUT2D eigenvalue weighted by Gasteiger charge is 2.33. The van der Waals surface area contributed by atoms with Crippen LogP contribution < -0.4 is 10.6 Å². The molecule has 0 aliphatic carbocycles. The summed E-state index contributed by atoms with van der Waals surface area (Å²) < 4.78 is 42.7. The third-order valence-electron chi connectivity index (χ3n) is 3.27. The van der Waals surface area contributed by atoms with Crippen LogP contribution in [-0.4, -0.2) is 16.0 Å². The third-order valence-corrected chi connectivity index (χ3v) is 4.05. The van der Waals surface area contributed by atoms with Crippen LogP contribution in [0, 0.1) is 0 Å². The minimum Gasteiger partial charge on any atom is -0.462 e. The molecule has 25 heavy (non-hydrogen) atoms. The number of rotatable bonds is 3. The maximum atomic E-state index is 12.5. The number of carbonyl (C=O) groups excluding carboxylic acids is 1. The number of alkyl halides is 3. The first kappa shape index (κ1) is 17.4. The predicted octanol–water partition coefficient (Wildman–Crippen LogP) is 4.80. The molecule has 0 saturated carbocycles. The summed E-state index contributed by atoms with van der Waals surface area (Å²) in [4.78, 5) is 17.2. The van der Waals surface area contributed by atoms with Crippen LogP contribution in [0.3, 0.4) is 0 Å². The van der Waals surface area contributed by atoms with Crippen molar-refractivity contribution in [3.8, 4) is 0 Å². The van der Waals surface area contributed by atoms with Gasteiger partial charge in [0.15, 0.2) is 5.58 Å². The standard InChI is InChI=1S/C14H9Cl2F3N4O2/c15-8-2-1-7-6(5-25-11(7)10(8)16)3-21-13(24)23-12-20-4-9(22-12)14(17,18)19/h1-2,4-5H,3H2,(H3,20,21,22,23,24). The molecular formula is C14H9Cl2F3N4O2. The molecule has 0 atom stereocenters. The van der Waals surface area contributed by atoms with Crippen LogP contribution in [0.2, 0.25) is 10.0 Å². The number of fused-ring (bicyclic) bond motifs is 1. The third kappa shape index (κ3) is 3.67. The second kappa shape index (κ2) is 6.49. The van der Waals surface area contributed by atoms with Crippen LogP contribution in [0.25, 0.3) is 11.0 Å². The molecule has 11 heteroatoms. The van der Waals surface area contributed by atoms with Gasteiger partial charge in [0.1, 0.15) is 10.7 Å². The fraction of sp³-hybridized carbons (Fsp3) is 0.143. The summed E-state index contributed by atoms with van der Waals surface area (Å²) in [5, 5.41) is 5.90. The molecule has 6 nitrogen and oxygen atoms in total. The number of carbonyl (C=O) groups is 1. The van der Waals surface area contributed by atoms with Crippen molar-refractivity contribution in [1.29, 1.82) is 0 Å². The molecule has 0 bridgehead atoms. The van der Waals surface area contributed by atoms with Crippen molar-refractivity contribution in [2.75, 3.05) is 5.32 Å². The van der Waals surface area contributed by atoms with Gasteiger partial charge < -0.3 is 14.7 Å². The summed E-state index contributed by atoms with van der Waals surface area (Å²) in [6.45, 7) is 0.0592. The Balaban J connectivity index is 1.65. The van der Waals surface area contributed by atoms with Crippen molar-refractivity contribution < 1.29 is 22.4 Å². The fourth-order valence-electron chi connectivity index (χ4n) is 2.09. The molecule has 0 aliphatic rings. The lowest BCUT2D eigenvalue weighted by Crippen LogP contribution is -2.28. The van der Waals surface area contributed by atoms with Crippen molar-refractivity contribution in [3.05, 3.63) is 45.9 Å². The molecule has 3 rings (SSSR count). The van der Waals surface area contributed by atoms with Gasteiger partial charge >= 0.3 is 12.2 Å². The predicted molar refractivity (Wildman–Crippen MR) is 85.7 cm³/mol. The quantitative estimate of drug-likeness (QED) is 0.598. The number of anilines is 1. The molecule has 0 fully saturated rings. The van der Waals surface area contributed by atoms with E-state index in [1.165, 1.54) is 6.26 Å². The molecule has 3 aromatic rings. The molecule has 0 saturated heterocycles. The first-order valence-electron chi connectivity index (χ1n) is 6.77. The van der Waals surface area contributed by atoms with Crippen molar-refractivity contribution >= 4 is 46.2 Å². The van der Waals surface area contributed by atoms with E-state index in [1.807, 2.05) is 4.98 Å². The Bertz CT molecular complexity index is 936. The van der Waals surface area contributed by atoms with Gasteiger partial charge in [0, 0.05) is 17.5 Å². The van der Waals surface area contributed by atoms with E-state index in [9.17, 15) is 18.0 Å². The molecule has 0 spiro atoms. The van der Waals surface area contributed by atoms with Gasteiger partial charge in [-0.25, -0.2) is 9.78 Å².